The summed E-state index contributed by atoms with van der Waals surface area (Å²) in [6.45, 7) is 8.48. The fourth-order valence-corrected chi connectivity index (χ4v) is 3.17. The van der Waals surface area contributed by atoms with Gasteiger partial charge in [-0.15, -0.1) is 0 Å². The van der Waals surface area contributed by atoms with E-state index in [0.29, 0.717) is 6.10 Å². The van der Waals surface area contributed by atoms with Gasteiger partial charge in [0.1, 0.15) is 0 Å². The Morgan fingerprint density at radius 2 is 2.37 bits per heavy atom. The largest absolute Gasteiger partial charge is 0.376 e. The highest BCUT2D eigenvalue weighted by Crippen LogP contribution is 2.21. The van der Waals surface area contributed by atoms with Crippen LogP contribution in [0, 0.1) is 0 Å². The number of nitrogens with one attached hydrogen (secondary N) is 1. The molecule has 0 aromatic heterocycles. The molecule has 3 nitrogen and oxygen atoms in total. The lowest BCUT2D eigenvalue weighted by atomic mass is 9.95. The van der Waals surface area contributed by atoms with Crippen LogP contribution in [-0.4, -0.2) is 37.2 Å². The van der Waals surface area contributed by atoms with Gasteiger partial charge in [-0.05, 0) is 36.1 Å². The van der Waals surface area contributed by atoms with Crippen molar-refractivity contribution < 1.29 is 4.74 Å². The van der Waals surface area contributed by atoms with E-state index >= 15 is 0 Å². The first-order valence-corrected chi connectivity index (χ1v) is 7.51. The van der Waals surface area contributed by atoms with E-state index in [9.17, 15) is 0 Å². The Balaban J connectivity index is 1.72. The maximum absolute atomic E-state index is 5.76. The number of benzene rings is 1. The Hall–Kier alpha value is -0.900. The molecule has 2 aliphatic rings. The molecule has 3 rings (SSSR count). The van der Waals surface area contributed by atoms with Gasteiger partial charge in [0.15, 0.2) is 0 Å². The number of nitrogens with zero attached hydrogens (tertiary/aromatic N) is 1. The first kappa shape index (κ1) is 13.1. The topological polar surface area (TPSA) is 24.5 Å². The summed E-state index contributed by atoms with van der Waals surface area (Å²) < 4.78 is 5.76. The maximum atomic E-state index is 5.76. The molecule has 2 heterocycles. The second-order valence-corrected chi connectivity index (χ2v) is 5.62. The molecular formula is C16H24N2O. The molecule has 3 heteroatoms. The van der Waals surface area contributed by atoms with Crippen LogP contribution in [0.1, 0.15) is 30.0 Å². The van der Waals surface area contributed by atoms with E-state index in [1.165, 1.54) is 17.5 Å². The SMILES string of the molecule is CCC1CN(Cc2cccc3c2CCNC3)CCO1. The van der Waals surface area contributed by atoms with Crippen LogP contribution in [0.5, 0.6) is 0 Å². The van der Waals surface area contributed by atoms with Crippen molar-refractivity contribution in [2.45, 2.75) is 39.0 Å². The van der Waals surface area contributed by atoms with Gasteiger partial charge in [0.05, 0.1) is 12.7 Å². The lowest BCUT2D eigenvalue weighted by Crippen LogP contribution is -2.41. The standard InChI is InChI=1S/C16H24N2O/c1-2-15-12-18(8-9-19-15)11-14-5-3-4-13-10-17-7-6-16(13)14/h3-5,15,17H,2,6-12H2,1H3. The minimum atomic E-state index is 0.426. The van der Waals surface area contributed by atoms with Crippen molar-refractivity contribution in [2.24, 2.45) is 0 Å². The second kappa shape index (κ2) is 6.04. The molecule has 1 aromatic carbocycles. The lowest BCUT2D eigenvalue weighted by molar-refractivity contribution is -0.0325. The molecular weight excluding hydrogens is 236 g/mol. The van der Waals surface area contributed by atoms with E-state index in [4.69, 9.17) is 4.74 Å². The molecule has 1 saturated heterocycles. The van der Waals surface area contributed by atoms with E-state index in [0.717, 1.165) is 45.8 Å². The number of rotatable bonds is 3. The Morgan fingerprint density at radius 1 is 1.42 bits per heavy atom. The predicted molar refractivity (Wildman–Crippen MR) is 77.2 cm³/mol. The normalized spacial score (nSPS) is 24.2. The van der Waals surface area contributed by atoms with Crippen molar-refractivity contribution in [3.8, 4) is 0 Å². The zero-order chi connectivity index (χ0) is 13.1. The molecule has 0 bridgehead atoms. The van der Waals surface area contributed by atoms with Gasteiger partial charge >= 0.3 is 0 Å². The minimum Gasteiger partial charge on any atom is -0.376 e. The molecule has 0 radical (unpaired) electrons. The zero-order valence-electron chi connectivity index (χ0n) is 11.8. The zero-order valence-corrected chi connectivity index (χ0v) is 11.8. The lowest BCUT2D eigenvalue weighted by Gasteiger charge is -2.33. The first-order chi connectivity index (χ1) is 9.36. The molecule has 1 aromatic rings. The van der Waals surface area contributed by atoms with Gasteiger partial charge in [0.2, 0.25) is 0 Å². The van der Waals surface area contributed by atoms with Crippen LogP contribution in [-0.2, 0) is 24.2 Å². The fraction of sp³-hybridized carbons (Fsp3) is 0.625. The number of fused-ring (bicyclic) bond motifs is 1. The van der Waals surface area contributed by atoms with Crippen LogP contribution in [0.15, 0.2) is 18.2 Å². The molecule has 0 spiro atoms. The van der Waals surface area contributed by atoms with Crippen molar-refractivity contribution in [2.75, 3.05) is 26.2 Å². The van der Waals surface area contributed by atoms with Crippen molar-refractivity contribution >= 4 is 0 Å². The van der Waals surface area contributed by atoms with Gasteiger partial charge in [0.25, 0.3) is 0 Å². The molecule has 0 amide bonds. The van der Waals surface area contributed by atoms with Crippen molar-refractivity contribution in [3.05, 3.63) is 34.9 Å². The highest BCUT2D eigenvalue weighted by molar-refractivity contribution is 5.37. The van der Waals surface area contributed by atoms with Crippen LogP contribution < -0.4 is 5.32 Å². The van der Waals surface area contributed by atoms with Crippen LogP contribution in [0.25, 0.3) is 0 Å². The van der Waals surface area contributed by atoms with E-state index in [1.807, 2.05) is 0 Å². The second-order valence-electron chi connectivity index (χ2n) is 5.62. The molecule has 1 fully saturated rings. The molecule has 1 unspecified atom stereocenters. The molecule has 104 valence electrons. The molecule has 19 heavy (non-hydrogen) atoms. The summed E-state index contributed by atoms with van der Waals surface area (Å²) in [6, 6.07) is 6.78. The van der Waals surface area contributed by atoms with Crippen molar-refractivity contribution in [3.63, 3.8) is 0 Å². The average molecular weight is 260 g/mol. The molecule has 0 saturated carbocycles. The summed E-state index contributed by atoms with van der Waals surface area (Å²) in [5.41, 5.74) is 4.60. The smallest absolute Gasteiger partial charge is 0.0700 e. The molecule has 0 aliphatic carbocycles. The quantitative estimate of drug-likeness (QED) is 0.899. The van der Waals surface area contributed by atoms with Crippen LogP contribution in [0.4, 0.5) is 0 Å². The summed E-state index contributed by atoms with van der Waals surface area (Å²) in [5.74, 6) is 0. The van der Waals surface area contributed by atoms with E-state index < -0.39 is 0 Å². The summed E-state index contributed by atoms with van der Waals surface area (Å²) in [6.07, 6.45) is 2.72. The van der Waals surface area contributed by atoms with E-state index in [1.54, 1.807) is 5.56 Å². The number of hydrogen-bond acceptors (Lipinski definition) is 3. The van der Waals surface area contributed by atoms with E-state index in [-0.39, 0.29) is 0 Å². The number of morpholine rings is 1. The van der Waals surface area contributed by atoms with Crippen LogP contribution in [0.3, 0.4) is 0 Å². The monoisotopic (exact) mass is 260 g/mol. The van der Waals surface area contributed by atoms with Gasteiger partial charge in [-0.2, -0.15) is 0 Å². The van der Waals surface area contributed by atoms with Crippen LogP contribution >= 0.6 is 0 Å². The maximum Gasteiger partial charge on any atom is 0.0700 e. The summed E-state index contributed by atoms with van der Waals surface area (Å²) in [4.78, 5) is 2.55. The van der Waals surface area contributed by atoms with Crippen molar-refractivity contribution in [1.29, 1.82) is 0 Å². The Kier molecular flexibility index (Phi) is 4.16. The highest BCUT2D eigenvalue weighted by Gasteiger charge is 2.20. The Labute approximate surface area is 115 Å². The minimum absolute atomic E-state index is 0.426. The molecule has 1 N–H and O–H groups in total. The third kappa shape index (κ3) is 2.99. The fourth-order valence-electron chi connectivity index (χ4n) is 3.17. The van der Waals surface area contributed by atoms with Crippen molar-refractivity contribution in [1.82, 2.24) is 10.2 Å². The number of ether oxygens (including phenoxy) is 1. The molecule has 1 atom stereocenters. The third-order valence-electron chi connectivity index (χ3n) is 4.31. The van der Waals surface area contributed by atoms with Gasteiger partial charge in [0, 0.05) is 26.2 Å². The summed E-state index contributed by atoms with van der Waals surface area (Å²) in [7, 11) is 0. The van der Waals surface area contributed by atoms with Crippen LogP contribution in [0.2, 0.25) is 0 Å². The van der Waals surface area contributed by atoms with Gasteiger partial charge in [-0.1, -0.05) is 25.1 Å². The predicted octanol–water partition coefficient (Wildman–Crippen LogP) is 1.94. The van der Waals surface area contributed by atoms with Gasteiger partial charge in [-0.3, -0.25) is 4.90 Å². The number of hydrogen-bond donors (Lipinski definition) is 1. The summed E-state index contributed by atoms with van der Waals surface area (Å²) >= 11 is 0. The molecule has 2 aliphatic heterocycles. The van der Waals surface area contributed by atoms with Gasteiger partial charge < -0.3 is 10.1 Å². The highest BCUT2D eigenvalue weighted by atomic mass is 16.5. The Morgan fingerprint density at radius 3 is 3.26 bits per heavy atom. The average Bonchev–Trinajstić information content (AvgIpc) is 2.48. The van der Waals surface area contributed by atoms with E-state index in [2.05, 4.69) is 35.3 Å². The first-order valence-electron chi connectivity index (χ1n) is 7.51. The van der Waals surface area contributed by atoms with Gasteiger partial charge in [-0.25, -0.2) is 0 Å². The Bertz CT molecular complexity index is 433. The third-order valence-corrected chi connectivity index (χ3v) is 4.31. The summed E-state index contributed by atoms with van der Waals surface area (Å²) in [5, 5.41) is 3.45.